The van der Waals surface area contributed by atoms with Gasteiger partial charge < -0.3 is 20.2 Å². The summed E-state index contributed by atoms with van der Waals surface area (Å²) in [5.74, 6) is -0.841. The number of urea groups is 1. The molecule has 2 amide bonds. The Bertz CT molecular complexity index is 368. The van der Waals surface area contributed by atoms with Gasteiger partial charge in [0.15, 0.2) is 0 Å². The summed E-state index contributed by atoms with van der Waals surface area (Å²) in [4.78, 5) is 27.2. The highest BCUT2D eigenvalue weighted by Gasteiger charge is 2.41. The van der Waals surface area contributed by atoms with Crippen molar-refractivity contribution in [2.24, 2.45) is 0 Å². The number of carboxylic acids is 1. The van der Waals surface area contributed by atoms with Crippen LogP contribution in [-0.4, -0.2) is 65.2 Å². The van der Waals surface area contributed by atoms with Gasteiger partial charge in [-0.2, -0.15) is 0 Å². The van der Waals surface area contributed by atoms with Crippen molar-refractivity contribution >= 4 is 12.0 Å². The lowest BCUT2D eigenvalue weighted by molar-refractivity contribution is -0.139. The van der Waals surface area contributed by atoms with E-state index < -0.39 is 11.5 Å². The summed E-state index contributed by atoms with van der Waals surface area (Å²) in [6.45, 7) is 4.36. The van der Waals surface area contributed by atoms with Gasteiger partial charge in [-0.05, 0) is 33.2 Å². The number of piperazine rings is 1. The van der Waals surface area contributed by atoms with E-state index in [2.05, 4.69) is 24.2 Å². The molecule has 2 fully saturated rings. The number of carbonyl (C=O) groups is 2. The van der Waals surface area contributed by atoms with Crippen LogP contribution in [0.1, 0.15) is 32.6 Å². The van der Waals surface area contributed by atoms with Crippen LogP contribution in [0.4, 0.5) is 4.79 Å². The molecule has 1 heterocycles. The molecule has 0 bridgehead atoms. The molecular weight excluding hydrogens is 246 g/mol. The molecule has 1 atom stereocenters. The zero-order valence-corrected chi connectivity index (χ0v) is 11.7. The Morgan fingerprint density at radius 1 is 1.37 bits per heavy atom. The van der Waals surface area contributed by atoms with Crippen LogP contribution in [0.2, 0.25) is 0 Å². The summed E-state index contributed by atoms with van der Waals surface area (Å²) >= 11 is 0. The maximum Gasteiger partial charge on any atom is 0.317 e. The van der Waals surface area contributed by atoms with Crippen molar-refractivity contribution in [3.05, 3.63) is 0 Å². The third-order valence-corrected chi connectivity index (χ3v) is 4.42. The molecule has 0 radical (unpaired) electrons. The highest BCUT2D eigenvalue weighted by atomic mass is 16.4. The van der Waals surface area contributed by atoms with Crippen LogP contribution in [0.3, 0.4) is 0 Å². The van der Waals surface area contributed by atoms with Crippen molar-refractivity contribution in [2.75, 3.05) is 26.7 Å². The molecule has 0 aromatic carbocycles. The minimum atomic E-state index is -0.841. The fourth-order valence-corrected chi connectivity index (χ4v) is 2.78. The van der Waals surface area contributed by atoms with Crippen LogP contribution < -0.4 is 5.32 Å². The van der Waals surface area contributed by atoms with E-state index in [0.717, 1.165) is 25.8 Å². The van der Waals surface area contributed by atoms with Crippen LogP contribution >= 0.6 is 0 Å². The standard InChI is InChI=1S/C13H23N3O3/c1-10-9-16(7-6-15(10)2)12(19)14-13(4-3-5-13)8-11(17)18/h10H,3-9H2,1-2H3,(H,14,19)(H,17,18). The first kappa shape index (κ1) is 14.1. The second kappa shape index (κ2) is 5.36. The number of amides is 2. The Morgan fingerprint density at radius 2 is 2.05 bits per heavy atom. The van der Waals surface area contributed by atoms with Gasteiger partial charge in [-0.15, -0.1) is 0 Å². The van der Waals surface area contributed by atoms with Gasteiger partial charge in [-0.3, -0.25) is 4.79 Å². The molecule has 6 heteroatoms. The number of carbonyl (C=O) groups excluding carboxylic acids is 1. The molecule has 1 saturated heterocycles. The molecule has 2 aliphatic rings. The molecule has 2 rings (SSSR count). The topological polar surface area (TPSA) is 72.9 Å². The Kier molecular flexibility index (Phi) is 3.99. The molecular formula is C13H23N3O3. The Balaban J connectivity index is 1.91. The second-order valence-electron chi connectivity index (χ2n) is 5.91. The number of hydrogen-bond donors (Lipinski definition) is 2. The summed E-state index contributed by atoms with van der Waals surface area (Å²) in [7, 11) is 2.05. The van der Waals surface area contributed by atoms with Crippen LogP contribution in [0.5, 0.6) is 0 Å². The number of carboxylic acid groups (broad SMARTS) is 1. The maximum atomic E-state index is 12.2. The fourth-order valence-electron chi connectivity index (χ4n) is 2.78. The molecule has 0 aromatic heterocycles. The van der Waals surface area contributed by atoms with Crippen molar-refractivity contribution in [1.29, 1.82) is 0 Å². The molecule has 1 saturated carbocycles. The highest BCUT2D eigenvalue weighted by Crippen LogP contribution is 2.35. The Labute approximate surface area is 113 Å². The molecule has 1 aliphatic carbocycles. The summed E-state index contributed by atoms with van der Waals surface area (Å²) in [5.41, 5.74) is -0.504. The molecule has 2 N–H and O–H groups in total. The van der Waals surface area contributed by atoms with E-state index in [9.17, 15) is 9.59 Å². The largest absolute Gasteiger partial charge is 0.481 e. The Hall–Kier alpha value is -1.30. The van der Waals surface area contributed by atoms with Gasteiger partial charge in [0.2, 0.25) is 0 Å². The van der Waals surface area contributed by atoms with Crippen LogP contribution in [0.25, 0.3) is 0 Å². The van der Waals surface area contributed by atoms with E-state index >= 15 is 0 Å². The molecule has 108 valence electrons. The number of hydrogen-bond acceptors (Lipinski definition) is 3. The lowest BCUT2D eigenvalue weighted by Gasteiger charge is -2.44. The second-order valence-corrected chi connectivity index (χ2v) is 5.91. The molecule has 1 aliphatic heterocycles. The summed E-state index contributed by atoms with van der Waals surface area (Å²) in [5, 5.41) is 11.9. The molecule has 19 heavy (non-hydrogen) atoms. The monoisotopic (exact) mass is 269 g/mol. The zero-order valence-electron chi connectivity index (χ0n) is 11.7. The van der Waals surface area contributed by atoms with Gasteiger partial charge in [0.05, 0.1) is 12.0 Å². The van der Waals surface area contributed by atoms with Crippen LogP contribution in [0.15, 0.2) is 0 Å². The predicted octanol–water partition coefficient (Wildman–Crippen LogP) is 0.729. The summed E-state index contributed by atoms with van der Waals surface area (Å²) < 4.78 is 0. The van der Waals surface area contributed by atoms with E-state index in [4.69, 9.17) is 5.11 Å². The van der Waals surface area contributed by atoms with E-state index in [-0.39, 0.29) is 12.5 Å². The number of rotatable bonds is 3. The van der Waals surface area contributed by atoms with Gasteiger partial charge in [-0.1, -0.05) is 0 Å². The van der Waals surface area contributed by atoms with Crippen molar-refractivity contribution < 1.29 is 14.7 Å². The number of likely N-dealkylation sites (N-methyl/N-ethyl adjacent to an activating group) is 1. The van der Waals surface area contributed by atoms with Crippen molar-refractivity contribution in [1.82, 2.24) is 15.1 Å². The van der Waals surface area contributed by atoms with Gasteiger partial charge in [-0.25, -0.2) is 4.79 Å². The molecule has 0 spiro atoms. The van der Waals surface area contributed by atoms with E-state index in [1.54, 1.807) is 4.90 Å². The lowest BCUT2D eigenvalue weighted by Crippen LogP contribution is -2.61. The minimum Gasteiger partial charge on any atom is -0.481 e. The third-order valence-electron chi connectivity index (χ3n) is 4.42. The maximum absolute atomic E-state index is 12.2. The van der Waals surface area contributed by atoms with Crippen LogP contribution in [0, 0.1) is 0 Å². The molecule has 0 aromatic rings. The first-order valence-corrected chi connectivity index (χ1v) is 6.91. The van der Waals surface area contributed by atoms with Crippen molar-refractivity contribution in [2.45, 2.75) is 44.2 Å². The van der Waals surface area contributed by atoms with Crippen molar-refractivity contribution in [3.63, 3.8) is 0 Å². The number of aliphatic carboxylic acids is 1. The van der Waals surface area contributed by atoms with E-state index in [0.29, 0.717) is 19.1 Å². The number of nitrogens with one attached hydrogen (secondary N) is 1. The van der Waals surface area contributed by atoms with Crippen LogP contribution in [-0.2, 0) is 4.79 Å². The highest BCUT2D eigenvalue weighted by molar-refractivity contribution is 5.77. The molecule has 1 unspecified atom stereocenters. The quantitative estimate of drug-likeness (QED) is 0.792. The summed E-state index contributed by atoms with van der Waals surface area (Å²) in [6, 6.07) is 0.234. The summed E-state index contributed by atoms with van der Waals surface area (Å²) in [6.07, 6.45) is 2.57. The van der Waals surface area contributed by atoms with Gasteiger partial charge in [0.1, 0.15) is 0 Å². The third kappa shape index (κ3) is 3.18. The zero-order chi connectivity index (χ0) is 14.0. The lowest BCUT2D eigenvalue weighted by atomic mass is 9.74. The minimum absolute atomic E-state index is 0.0298. The first-order valence-electron chi connectivity index (χ1n) is 6.91. The Morgan fingerprint density at radius 3 is 2.53 bits per heavy atom. The average molecular weight is 269 g/mol. The smallest absolute Gasteiger partial charge is 0.317 e. The normalized spacial score (nSPS) is 26.6. The van der Waals surface area contributed by atoms with Gasteiger partial charge >= 0.3 is 12.0 Å². The molecule has 6 nitrogen and oxygen atoms in total. The van der Waals surface area contributed by atoms with Gasteiger partial charge in [0.25, 0.3) is 0 Å². The van der Waals surface area contributed by atoms with Gasteiger partial charge in [0, 0.05) is 25.7 Å². The fraction of sp³-hybridized carbons (Fsp3) is 0.846. The number of nitrogens with zero attached hydrogens (tertiary/aromatic N) is 2. The SMILES string of the molecule is CC1CN(C(=O)NC2(CC(=O)O)CCC2)CCN1C. The predicted molar refractivity (Wildman–Crippen MR) is 71.0 cm³/mol. The first-order chi connectivity index (χ1) is 8.92. The van der Waals surface area contributed by atoms with Crippen molar-refractivity contribution in [3.8, 4) is 0 Å². The average Bonchev–Trinajstić information content (AvgIpc) is 2.29. The van der Waals surface area contributed by atoms with E-state index in [1.165, 1.54) is 0 Å². The van der Waals surface area contributed by atoms with E-state index in [1.807, 2.05) is 0 Å².